The van der Waals surface area contributed by atoms with Gasteiger partial charge in [-0.1, -0.05) is 0 Å². The molecule has 0 fully saturated rings. The lowest BCUT2D eigenvalue weighted by Gasteiger charge is -2.06. The van der Waals surface area contributed by atoms with Crippen LogP contribution in [0.5, 0.6) is 5.88 Å². The van der Waals surface area contributed by atoms with E-state index in [-0.39, 0.29) is 0 Å². The third-order valence-corrected chi connectivity index (χ3v) is 1.70. The highest BCUT2D eigenvalue weighted by Crippen LogP contribution is 2.04. The van der Waals surface area contributed by atoms with Gasteiger partial charge >= 0.3 is 0 Å². The molecule has 0 saturated carbocycles. The molecular formula is C10H17N3O2. The summed E-state index contributed by atoms with van der Waals surface area (Å²) in [5.41, 5.74) is 0.867. The first kappa shape index (κ1) is 11.9. The van der Waals surface area contributed by atoms with Gasteiger partial charge in [-0.25, -0.2) is 4.98 Å². The molecule has 0 saturated heterocycles. The van der Waals surface area contributed by atoms with E-state index >= 15 is 0 Å². The fraction of sp³-hybridized carbons (Fsp3) is 0.600. The summed E-state index contributed by atoms with van der Waals surface area (Å²) in [6.45, 7) is 4.43. The minimum atomic E-state index is 0.505. The molecule has 1 aromatic rings. The highest BCUT2D eigenvalue weighted by molar-refractivity contribution is 5.08. The Morgan fingerprint density at radius 3 is 2.93 bits per heavy atom. The predicted molar refractivity (Wildman–Crippen MR) is 56.8 cm³/mol. The molecule has 0 radical (unpaired) electrons. The van der Waals surface area contributed by atoms with E-state index in [9.17, 15) is 0 Å². The van der Waals surface area contributed by atoms with Crippen molar-refractivity contribution in [3.63, 3.8) is 0 Å². The molecule has 0 aliphatic carbocycles. The standard InChI is InChI=1S/C10H17N3O2/c1-3-14-4-5-15-10-8-12-7-9(13-10)6-11-2/h7-8,11H,3-6H2,1-2H3. The molecular weight excluding hydrogens is 194 g/mol. The molecule has 1 heterocycles. The smallest absolute Gasteiger partial charge is 0.232 e. The lowest BCUT2D eigenvalue weighted by atomic mass is 10.4. The van der Waals surface area contributed by atoms with Crippen molar-refractivity contribution in [1.82, 2.24) is 15.3 Å². The minimum absolute atomic E-state index is 0.505. The average Bonchev–Trinajstić information content (AvgIpc) is 2.26. The maximum Gasteiger partial charge on any atom is 0.232 e. The molecule has 84 valence electrons. The second kappa shape index (κ2) is 7.14. The summed E-state index contributed by atoms with van der Waals surface area (Å²) in [6, 6.07) is 0. The lowest BCUT2D eigenvalue weighted by molar-refractivity contribution is 0.108. The number of ether oxygens (including phenoxy) is 2. The number of nitrogens with one attached hydrogen (secondary N) is 1. The van der Waals surface area contributed by atoms with Crippen molar-refractivity contribution in [2.24, 2.45) is 0 Å². The first-order valence-electron chi connectivity index (χ1n) is 5.03. The number of aromatic nitrogens is 2. The third-order valence-electron chi connectivity index (χ3n) is 1.70. The Morgan fingerprint density at radius 1 is 1.33 bits per heavy atom. The molecule has 5 heteroatoms. The molecule has 0 aliphatic heterocycles. The molecule has 5 nitrogen and oxygen atoms in total. The second-order valence-electron chi connectivity index (χ2n) is 2.92. The summed E-state index contributed by atoms with van der Waals surface area (Å²) in [4.78, 5) is 8.29. The molecule has 0 amide bonds. The Labute approximate surface area is 89.8 Å². The molecule has 0 unspecified atom stereocenters. The molecule has 0 aromatic carbocycles. The van der Waals surface area contributed by atoms with E-state index in [0.29, 0.717) is 32.2 Å². The van der Waals surface area contributed by atoms with Crippen molar-refractivity contribution >= 4 is 0 Å². The summed E-state index contributed by atoms with van der Waals surface area (Å²) >= 11 is 0. The van der Waals surface area contributed by atoms with Crippen LogP contribution in [0.2, 0.25) is 0 Å². The van der Waals surface area contributed by atoms with E-state index in [4.69, 9.17) is 9.47 Å². The van der Waals surface area contributed by atoms with Crippen LogP contribution < -0.4 is 10.1 Å². The Bertz CT molecular complexity index is 281. The SMILES string of the molecule is CCOCCOc1cncc(CNC)n1. The lowest BCUT2D eigenvalue weighted by Crippen LogP contribution is -2.10. The van der Waals surface area contributed by atoms with Crippen LogP contribution in [0.15, 0.2) is 12.4 Å². The van der Waals surface area contributed by atoms with Gasteiger partial charge in [0, 0.05) is 19.3 Å². The molecule has 1 aromatic heterocycles. The van der Waals surface area contributed by atoms with E-state index in [1.54, 1.807) is 12.4 Å². The van der Waals surface area contributed by atoms with Crippen molar-refractivity contribution in [2.75, 3.05) is 26.9 Å². The van der Waals surface area contributed by atoms with Gasteiger partial charge in [-0.05, 0) is 14.0 Å². The zero-order valence-electron chi connectivity index (χ0n) is 9.19. The van der Waals surface area contributed by atoms with E-state index < -0.39 is 0 Å². The first-order chi connectivity index (χ1) is 7.36. The Hall–Kier alpha value is -1.20. The second-order valence-corrected chi connectivity index (χ2v) is 2.92. The fourth-order valence-corrected chi connectivity index (χ4v) is 1.07. The Morgan fingerprint density at radius 2 is 2.20 bits per heavy atom. The Balaban J connectivity index is 2.36. The van der Waals surface area contributed by atoms with E-state index in [1.165, 1.54) is 0 Å². The zero-order chi connectivity index (χ0) is 10.9. The molecule has 15 heavy (non-hydrogen) atoms. The first-order valence-corrected chi connectivity index (χ1v) is 5.03. The van der Waals surface area contributed by atoms with E-state index in [0.717, 1.165) is 5.69 Å². The number of hydrogen-bond acceptors (Lipinski definition) is 5. The van der Waals surface area contributed by atoms with Crippen LogP contribution in [0.1, 0.15) is 12.6 Å². The summed E-state index contributed by atoms with van der Waals surface area (Å²) < 4.78 is 10.5. The van der Waals surface area contributed by atoms with Gasteiger partial charge in [0.25, 0.3) is 0 Å². The highest BCUT2D eigenvalue weighted by atomic mass is 16.5. The highest BCUT2D eigenvalue weighted by Gasteiger charge is 1.98. The molecule has 0 aliphatic rings. The van der Waals surface area contributed by atoms with Gasteiger partial charge in [0.15, 0.2) is 0 Å². The van der Waals surface area contributed by atoms with Gasteiger partial charge < -0.3 is 14.8 Å². The van der Waals surface area contributed by atoms with Crippen LogP contribution in [-0.4, -0.2) is 36.8 Å². The summed E-state index contributed by atoms with van der Waals surface area (Å²) in [7, 11) is 1.87. The average molecular weight is 211 g/mol. The van der Waals surface area contributed by atoms with Crippen LogP contribution >= 0.6 is 0 Å². The predicted octanol–water partition coefficient (Wildman–Crippen LogP) is 0.611. The zero-order valence-corrected chi connectivity index (χ0v) is 9.19. The van der Waals surface area contributed by atoms with Crippen molar-refractivity contribution in [2.45, 2.75) is 13.5 Å². The van der Waals surface area contributed by atoms with Crippen LogP contribution in [0.4, 0.5) is 0 Å². The molecule has 1 N–H and O–H groups in total. The normalized spacial score (nSPS) is 10.3. The van der Waals surface area contributed by atoms with Crippen LogP contribution in [0, 0.1) is 0 Å². The Kier molecular flexibility index (Phi) is 5.65. The van der Waals surface area contributed by atoms with Gasteiger partial charge in [-0.15, -0.1) is 0 Å². The quantitative estimate of drug-likeness (QED) is 0.670. The number of hydrogen-bond donors (Lipinski definition) is 1. The van der Waals surface area contributed by atoms with Crippen molar-refractivity contribution in [3.05, 3.63) is 18.1 Å². The van der Waals surface area contributed by atoms with Crippen LogP contribution in [0.25, 0.3) is 0 Å². The summed E-state index contributed by atoms with van der Waals surface area (Å²) in [5, 5.41) is 3.00. The summed E-state index contributed by atoms with van der Waals surface area (Å²) in [5.74, 6) is 0.544. The van der Waals surface area contributed by atoms with Crippen molar-refractivity contribution in [1.29, 1.82) is 0 Å². The van der Waals surface area contributed by atoms with E-state index in [2.05, 4.69) is 15.3 Å². The number of rotatable bonds is 7. The molecule has 0 atom stereocenters. The van der Waals surface area contributed by atoms with Crippen molar-refractivity contribution < 1.29 is 9.47 Å². The maximum absolute atomic E-state index is 5.37. The maximum atomic E-state index is 5.37. The largest absolute Gasteiger partial charge is 0.474 e. The summed E-state index contributed by atoms with van der Waals surface area (Å²) in [6.07, 6.45) is 3.32. The number of nitrogens with zero attached hydrogens (tertiary/aromatic N) is 2. The van der Waals surface area contributed by atoms with Crippen LogP contribution in [0.3, 0.4) is 0 Å². The van der Waals surface area contributed by atoms with Gasteiger partial charge in [0.1, 0.15) is 6.61 Å². The molecule has 0 bridgehead atoms. The van der Waals surface area contributed by atoms with E-state index in [1.807, 2.05) is 14.0 Å². The minimum Gasteiger partial charge on any atom is -0.474 e. The van der Waals surface area contributed by atoms with Gasteiger partial charge in [0.2, 0.25) is 5.88 Å². The van der Waals surface area contributed by atoms with Gasteiger partial charge in [-0.2, -0.15) is 0 Å². The topological polar surface area (TPSA) is 56.3 Å². The van der Waals surface area contributed by atoms with Gasteiger partial charge in [0.05, 0.1) is 18.5 Å². The van der Waals surface area contributed by atoms with Gasteiger partial charge in [-0.3, -0.25) is 4.98 Å². The monoisotopic (exact) mass is 211 g/mol. The molecule has 0 spiro atoms. The third kappa shape index (κ3) is 4.71. The fourth-order valence-electron chi connectivity index (χ4n) is 1.07. The van der Waals surface area contributed by atoms with Crippen molar-refractivity contribution in [3.8, 4) is 5.88 Å². The molecule has 1 rings (SSSR count). The van der Waals surface area contributed by atoms with Crippen LogP contribution in [-0.2, 0) is 11.3 Å².